The summed E-state index contributed by atoms with van der Waals surface area (Å²) in [6, 6.07) is 7.84. The van der Waals surface area contributed by atoms with Crippen molar-refractivity contribution in [3.05, 3.63) is 60.8 Å². The Balaban J connectivity index is 1.50. The average Bonchev–Trinajstić information content (AvgIpc) is 3.30. The number of rotatable bonds is 5. The molecule has 0 saturated carbocycles. The van der Waals surface area contributed by atoms with Crippen LogP contribution in [-0.2, 0) is 7.05 Å². The van der Waals surface area contributed by atoms with Gasteiger partial charge in [0.05, 0.1) is 23.1 Å². The highest BCUT2D eigenvalue weighted by molar-refractivity contribution is 6.04. The molecule has 1 amide bonds. The van der Waals surface area contributed by atoms with Gasteiger partial charge in [-0.25, -0.2) is 9.97 Å². The Bertz CT molecular complexity index is 1310. The van der Waals surface area contributed by atoms with E-state index in [1.165, 1.54) is 0 Å². The zero-order valence-electron chi connectivity index (χ0n) is 19.6. The second-order valence-corrected chi connectivity index (χ2v) is 8.83. The minimum absolute atomic E-state index is 0.235. The number of nitrogens with one attached hydrogen (secondary N) is 1. The van der Waals surface area contributed by atoms with E-state index in [9.17, 15) is 4.79 Å². The van der Waals surface area contributed by atoms with Crippen molar-refractivity contribution in [1.29, 1.82) is 0 Å². The van der Waals surface area contributed by atoms with Crippen molar-refractivity contribution >= 4 is 28.3 Å². The molecule has 0 radical (unpaired) electrons. The van der Waals surface area contributed by atoms with Gasteiger partial charge in [-0.15, -0.1) is 0 Å². The number of aryl methyl sites for hydroxylation is 1. The number of carbonyl (C=O) groups is 1. The molecule has 9 heteroatoms. The summed E-state index contributed by atoms with van der Waals surface area (Å²) in [6.45, 7) is 8.38. The van der Waals surface area contributed by atoms with Gasteiger partial charge in [0.2, 0.25) is 0 Å². The van der Waals surface area contributed by atoms with Crippen LogP contribution in [0, 0.1) is 0 Å². The summed E-state index contributed by atoms with van der Waals surface area (Å²) < 4.78 is 1.79. The molecule has 174 valence electrons. The quantitative estimate of drug-likeness (QED) is 0.493. The Kier molecular flexibility index (Phi) is 5.93. The van der Waals surface area contributed by atoms with E-state index in [0.717, 1.165) is 54.0 Å². The molecule has 1 N–H and O–H groups in total. The van der Waals surface area contributed by atoms with Gasteiger partial charge >= 0.3 is 0 Å². The number of fused-ring (bicyclic) bond motifs is 1. The lowest BCUT2D eigenvalue weighted by atomic mass is 10.1. The van der Waals surface area contributed by atoms with Crippen molar-refractivity contribution in [3.63, 3.8) is 0 Å². The smallest absolute Gasteiger partial charge is 0.256 e. The van der Waals surface area contributed by atoms with E-state index in [0.29, 0.717) is 17.4 Å². The molecule has 4 aromatic heterocycles. The molecular weight excluding hydrogens is 428 g/mol. The first-order valence-electron chi connectivity index (χ1n) is 11.5. The normalized spacial score (nSPS) is 14.6. The highest BCUT2D eigenvalue weighted by atomic mass is 16.1. The largest absolute Gasteiger partial charge is 0.367 e. The molecule has 1 aliphatic heterocycles. The third-order valence-electron chi connectivity index (χ3n) is 6.23. The summed E-state index contributed by atoms with van der Waals surface area (Å²) in [7, 11) is 1.91. The number of aromatic nitrogens is 5. The summed E-state index contributed by atoms with van der Waals surface area (Å²) in [5.74, 6) is 0.221. The van der Waals surface area contributed by atoms with Crippen LogP contribution in [0.4, 0.5) is 11.5 Å². The fraction of sp³-hybridized carbons (Fsp3) is 0.320. The lowest BCUT2D eigenvalue weighted by molar-refractivity contribution is 0.102. The standard InChI is InChI=1S/C25H28N8O/c1-17(2)32-8-10-33(11-9-32)22-12-19-14-27-23(30-25(34)18-4-6-26-7-5-18)13-21(19)29-24(22)20-15-28-31(3)16-20/h4-7,12-17H,8-11H2,1-3H3,(H,27,30,34). The molecule has 0 unspecified atom stereocenters. The fourth-order valence-electron chi connectivity index (χ4n) is 4.29. The maximum atomic E-state index is 12.6. The molecule has 34 heavy (non-hydrogen) atoms. The van der Waals surface area contributed by atoms with E-state index in [2.05, 4.69) is 50.1 Å². The third-order valence-corrected chi connectivity index (χ3v) is 6.23. The number of amides is 1. The Morgan fingerprint density at radius 2 is 1.82 bits per heavy atom. The summed E-state index contributed by atoms with van der Waals surface area (Å²) >= 11 is 0. The van der Waals surface area contributed by atoms with Gasteiger partial charge < -0.3 is 10.2 Å². The van der Waals surface area contributed by atoms with Crippen LogP contribution in [0.3, 0.4) is 0 Å². The predicted octanol–water partition coefficient (Wildman–Crippen LogP) is 3.21. The second kappa shape index (κ2) is 9.18. The molecule has 1 saturated heterocycles. The molecule has 0 aliphatic carbocycles. The zero-order chi connectivity index (χ0) is 23.7. The molecule has 1 fully saturated rings. The van der Waals surface area contributed by atoms with Crippen molar-refractivity contribution in [3.8, 4) is 11.3 Å². The molecular formula is C25H28N8O. The number of piperazine rings is 1. The number of hydrogen-bond acceptors (Lipinski definition) is 7. The monoisotopic (exact) mass is 456 g/mol. The molecule has 5 rings (SSSR count). The van der Waals surface area contributed by atoms with Crippen molar-refractivity contribution in [2.75, 3.05) is 36.4 Å². The van der Waals surface area contributed by atoms with Crippen molar-refractivity contribution in [1.82, 2.24) is 29.6 Å². The van der Waals surface area contributed by atoms with Crippen molar-refractivity contribution in [2.45, 2.75) is 19.9 Å². The maximum Gasteiger partial charge on any atom is 0.256 e. The number of pyridine rings is 3. The van der Waals surface area contributed by atoms with Crippen molar-refractivity contribution in [2.24, 2.45) is 7.05 Å². The number of nitrogens with zero attached hydrogens (tertiary/aromatic N) is 7. The van der Waals surface area contributed by atoms with Gasteiger partial charge in [-0.2, -0.15) is 5.10 Å². The lowest BCUT2D eigenvalue weighted by Crippen LogP contribution is -2.49. The Morgan fingerprint density at radius 1 is 1.06 bits per heavy atom. The SMILES string of the molecule is CC(C)N1CCN(c2cc3cnc(NC(=O)c4ccncc4)cc3nc2-c2cnn(C)c2)CC1. The van der Waals surface area contributed by atoms with Crippen LogP contribution < -0.4 is 10.2 Å². The first-order valence-corrected chi connectivity index (χ1v) is 11.5. The van der Waals surface area contributed by atoms with Gasteiger partial charge in [0.25, 0.3) is 5.91 Å². The van der Waals surface area contributed by atoms with E-state index in [1.807, 2.05) is 25.5 Å². The molecule has 5 heterocycles. The Hall–Kier alpha value is -3.85. The van der Waals surface area contributed by atoms with Crippen LogP contribution in [0.2, 0.25) is 0 Å². The van der Waals surface area contributed by atoms with E-state index in [-0.39, 0.29) is 5.91 Å². The Labute approximate surface area is 198 Å². The molecule has 0 aromatic carbocycles. The highest BCUT2D eigenvalue weighted by Gasteiger charge is 2.23. The van der Waals surface area contributed by atoms with E-state index < -0.39 is 0 Å². The first kappa shape index (κ1) is 22.0. The third kappa shape index (κ3) is 4.47. The van der Waals surface area contributed by atoms with E-state index >= 15 is 0 Å². The molecule has 9 nitrogen and oxygen atoms in total. The Morgan fingerprint density at radius 3 is 2.50 bits per heavy atom. The van der Waals surface area contributed by atoms with E-state index in [1.54, 1.807) is 35.4 Å². The molecule has 4 aromatic rings. The second-order valence-electron chi connectivity index (χ2n) is 8.83. The molecule has 0 bridgehead atoms. The summed E-state index contributed by atoms with van der Waals surface area (Å²) in [6.07, 6.45) is 8.77. The zero-order valence-corrected chi connectivity index (χ0v) is 19.6. The van der Waals surface area contributed by atoms with Crippen LogP contribution in [0.25, 0.3) is 22.2 Å². The molecule has 1 aliphatic rings. The highest BCUT2D eigenvalue weighted by Crippen LogP contribution is 2.33. The van der Waals surface area contributed by atoms with Gasteiger partial charge in [-0.3, -0.25) is 19.4 Å². The number of hydrogen-bond donors (Lipinski definition) is 1. The van der Waals surface area contributed by atoms with Crippen molar-refractivity contribution < 1.29 is 4.79 Å². The average molecular weight is 457 g/mol. The van der Waals surface area contributed by atoms with Gasteiger partial charge in [0.15, 0.2) is 0 Å². The minimum atomic E-state index is -0.235. The van der Waals surface area contributed by atoms with Gasteiger partial charge in [-0.05, 0) is 32.0 Å². The van der Waals surface area contributed by atoms with E-state index in [4.69, 9.17) is 4.98 Å². The van der Waals surface area contributed by atoms with Gasteiger partial charge in [0.1, 0.15) is 5.82 Å². The van der Waals surface area contributed by atoms with Gasteiger partial charge in [-0.1, -0.05) is 0 Å². The summed E-state index contributed by atoms with van der Waals surface area (Å²) in [5.41, 5.74) is 4.22. The number of anilines is 2. The predicted molar refractivity (Wildman–Crippen MR) is 133 cm³/mol. The molecule has 0 spiro atoms. The van der Waals surface area contributed by atoms with Crippen LogP contribution in [0.1, 0.15) is 24.2 Å². The summed E-state index contributed by atoms with van der Waals surface area (Å²) in [4.78, 5) is 30.9. The lowest BCUT2D eigenvalue weighted by Gasteiger charge is -2.38. The number of carbonyl (C=O) groups excluding carboxylic acids is 1. The van der Waals surface area contributed by atoms with Crippen LogP contribution in [-0.4, -0.2) is 67.8 Å². The van der Waals surface area contributed by atoms with Crippen LogP contribution in [0.15, 0.2) is 55.2 Å². The van der Waals surface area contributed by atoms with Gasteiger partial charge in [0, 0.05) is 86.6 Å². The fourth-order valence-corrected chi connectivity index (χ4v) is 4.29. The maximum absolute atomic E-state index is 12.6. The van der Waals surface area contributed by atoms with Crippen LogP contribution >= 0.6 is 0 Å². The summed E-state index contributed by atoms with van der Waals surface area (Å²) in [5, 5.41) is 8.14. The molecule has 0 atom stereocenters. The first-order chi connectivity index (χ1) is 16.5. The topological polar surface area (TPSA) is 92.1 Å². The van der Waals surface area contributed by atoms with Crippen LogP contribution in [0.5, 0.6) is 0 Å². The minimum Gasteiger partial charge on any atom is -0.367 e.